The summed E-state index contributed by atoms with van der Waals surface area (Å²) in [5.74, 6) is 0. The van der Waals surface area contributed by atoms with Crippen LogP contribution in [0.3, 0.4) is 0 Å². The van der Waals surface area contributed by atoms with Crippen LogP contribution in [0.2, 0.25) is 0 Å². The van der Waals surface area contributed by atoms with Gasteiger partial charge in [-0.2, -0.15) is 5.10 Å². The van der Waals surface area contributed by atoms with Crippen molar-refractivity contribution in [1.82, 2.24) is 14.7 Å². The molecule has 1 fully saturated rings. The molecular formula is C15H19N5O. The first-order valence-corrected chi connectivity index (χ1v) is 6.96. The molecule has 1 aliphatic heterocycles. The molecule has 2 heterocycles. The zero-order valence-corrected chi connectivity index (χ0v) is 12.3. The number of amides is 2. The quantitative estimate of drug-likeness (QED) is 0.874. The molecule has 0 radical (unpaired) electrons. The largest absolute Gasteiger partial charge is 0.399 e. The lowest BCUT2D eigenvalue weighted by Gasteiger charge is -2.18. The Bertz CT molecular complexity index is 661. The molecule has 110 valence electrons. The summed E-state index contributed by atoms with van der Waals surface area (Å²) in [7, 11) is 1.90. The SMILES string of the molecule is Cc1cc(CN2CCN(c3ccc(N)cc3)C2=O)n(C)n1. The molecule has 6 heteroatoms. The standard InChI is InChI=1S/C15H19N5O/c1-11-9-14(18(2)17-11)10-19-7-8-20(15(19)21)13-5-3-12(16)4-6-13/h3-6,9H,7-8,10,16H2,1-2H3. The minimum absolute atomic E-state index is 0.0265. The summed E-state index contributed by atoms with van der Waals surface area (Å²) in [5.41, 5.74) is 9.28. The Morgan fingerprint density at radius 3 is 2.57 bits per heavy atom. The first-order valence-electron chi connectivity index (χ1n) is 6.96. The highest BCUT2D eigenvalue weighted by Gasteiger charge is 2.30. The van der Waals surface area contributed by atoms with Crippen molar-refractivity contribution >= 4 is 17.4 Å². The van der Waals surface area contributed by atoms with Gasteiger partial charge in [-0.15, -0.1) is 0 Å². The number of nitrogen functional groups attached to an aromatic ring is 1. The van der Waals surface area contributed by atoms with Crippen molar-refractivity contribution in [3.8, 4) is 0 Å². The molecule has 0 aliphatic carbocycles. The summed E-state index contributed by atoms with van der Waals surface area (Å²) in [6.07, 6.45) is 0. The minimum atomic E-state index is 0.0265. The van der Waals surface area contributed by atoms with Crippen molar-refractivity contribution in [1.29, 1.82) is 0 Å². The molecule has 0 atom stereocenters. The second kappa shape index (κ2) is 5.12. The number of hydrogen-bond acceptors (Lipinski definition) is 3. The van der Waals surface area contributed by atoms with Crippen molar-refractivity contribution in [2.45, 2.75) is 13.5 Å². The van der Waals surface area contributed by atoms with Crippen LogP contribution in [0.5, 0.6) is 0 Å². The fourth-order valence-corrected chi connectivity index (χ4v) is 2.63. The van der Waals surface area contributed by atoms with Gasteiger partial charge in [0.2, 0.25) is 0 Å². The fraction of sp³-hybridized carbons (Fsp3) is 0.333. The van der Waals surface area contributed by atoms with Gasteiger partial charge in [-0.3, -0.25) is 9.58 Å². The maximum absolute atomic E-state index is 12.5. The summed E-state index contributed by atoms with van der Waals surface area (Å²) >= 11 is 0. The molecule has 21 heavy (non-hydrogen) atoms. The van der Waals surface area contributed by atoms with Crippen molar-refractivity contribution in [3.05, 3.63) is 41.7 Å². The second-order valence-electron chi connectivity index (χ2n) is 5.35. The Balaban J connectivity index is 1.74. The van der Waals surface area contributed by atoms with Gasteiger partial charge in [0, 0.05) is 31.5 Å². The number of anilines is 2. The molecule has 1 aromatic carbocycles. The van der Waals surface area contributed by atoms with Crippen LogP contribution >= 0.6 is 0 Å². The lowest BCUT2D eigenvalue weighted by Crippen LogP contribution is -2.31. The first-order chi connectivity index (χ1) is 10.0. The van der Waals surface area contributed by atoms with Crippen LogP contribution in [-0.4, -0.2) is 33.8 Å². The molecule has 2 N–H and O–H groups in total. The maximum atomic E-state index is 12.5. The van der Waals surface area contributed by atoms with E-state index in [9.17, 15) is 4.79 Å². The Kier molecular flexibility index (Phi) is 3.29. The number of rotatable bonds is 3. The smallest absolute Gasteiger partial charge is 0.324 e. The molecule has 6 nitrogen and oxygen atoms in total. The van der Waals surface area contributed by atoms with Gasteiger partial charge in [-0.05, 0) is 37.3 Å². The third kappa shape index (κ3) is 2.56. The van der Waals surface area contributed by atoms with Crippen LogP contribution in [0.4, 0.5) is 16.2 Å². The molecule has 0 saturated carbocycles. The maximum Gasteiger partial charge on any atom is 0.324 e. The Hall–Kier alpha value is -2.50. The fourth-order valence-electron chi connectivity index (χ4n) is 2.63. The van der Waals surface area contributed by atoms with Gasteiger partial charge in [-0.25, -0.2) is 4.79 Å². The van der Waals surface area contributed by atoms with E-state index in [1.165, 1.54) is 0 Å². The van der Waals surface area contributed by atoms with Crippen LogP contribution in [0.25, 0.3) is 0 Å². The number of aryl methyl sites for hydroxylation is 2. The minimum Gasteiger partial charge on any atom is -0.399 e. The zero-order chi connectivity index (χ0) is 15.0. The topological polar surface area (TPSA) is 67.4 Å². The van der Waals surface area contributed by atoms with Crippen LogP contribution in [-0.2, 0) is 13.6 Å². The number of aromatic nitrogens is 2. The number of nitrogens with zero attached hydrogens (tertiary/aromatic N) is 4. The summed E-state index contributed by atoms with van der Waals surface area (Å²) in [6.45, 7) is 3.95. The average molecular weight is 285 g/mol. The van der Waals surface area contributed by atoms with Crippen LogP contribution in [0.1, 0.15) is 11.4 Å². The number of hydrogen-bond donors (Lipinski definition) is 1. The predicted octanol–water partition coefficient (Wildman–Crippen LogP) is 1.75. The van der Waals surface area contributed by atoms with Gasteiger partial charge >= 0.3 is 6.03 Å². The van der Waals surface area contributed by atoms with E-state index in [4.69, 9.17) is 5.73 Å². The Labute approximate surface area is 123 Å². The van der Waals surface area contributed by atoms with E-state index in [0.717, 1.165) is 17.1 Å². The summed E-state index contributed by atoms with van der Waals surface area (Å²) in [5, 5.41) is 4.32. The summed E-state index contributed by atoms with van der Waals surface area (Å²) in [4.78, 5) is 16.1. The highest BCUT2D eigenvalue weighted by molar-refractivity contribution is 5.94. The lowest BCUT2D eigenvalue weighted by molar-refractivity contribution is 0.217. The lowest BCUT2D eigenvalue weighted by atomic mass is 10.2. The Morgan fingerprint density at radius 2 is 1.95 bits per heavy atom. The molecule has 1 aliphatic rings. The van der Waals surface area contributed by atoms with Gasteiger partial charge in [-0.1, -0.05) is 0 Å². The molecule has 0 bridgehead atoms. The van der Waals surface area contributed by atoms with E-state index in [1.807, 2.05) is 53.9 Å². The molecule has 2 aromatic rings. The third-order valence-electron chi connectivity index (χ3n) is 3.75. The van der Waals surface area contributed by atoms with Crippen molar-refractivity contribution in [2.75, 3.05) is 23.7 Å². The van der Waals surface area contributed by atoms with E-state index >= 15 is 0 Å². The van der Waals surface area contributed by atoms with E-state index < -0.39 is 0 Å². The summed E-state index contributed by atoms with van der Waals surface area (Å²) in [6, 6.07) is 9.43. The number of carbonyl (C=O) groups is 1. The molecule has 2 amide bonds. The van der Waals surface area contributed by atoms with Crippen molar-refractivity contribution in [2.24, 2.45) is 7.05 Å². The molecule has 0 spiro atoms. The van der Waals surface area contributed by atoms with Gasteiger partial charge in [0.15, 0.2) is 0 Å². The van der Waals surface area contributed by atoms with Crippen LogP contribution < -0.4 is 10.6 Å². The molecule has 1 aromatic heterocycles. The number of nitrogens with two attached hydrogens (primary N) is 1. The number of carbonyl (C=O) groups excluding carboxylic acids is 1. The molecule has 3 rings (SSSR count). The Morgan fingerprint density at radius 1 is 1.24 bits per heavy atom. The highest BCUT2D eigenvalue weighted by atomic mass is 16.2. The van der Waals surface area contributed by atoms with Gasteiger partial charge in [0.05, 0.1) is 17.9 Å². The van der Waals surface area contributed by atoms with Crippen molar-refractivity contribution < 1.29 is 4.79 Å². The predicted molar refractivity (Wildman–Crippen MR) is 82.0 cm³/mol. The van der Waals surface area contributed by atoms with E-state index in [0.29, 0.717) is 25.3 Å². The van der Waals surface area contributed by atoms with Gasteiger partial charge in [0.25, 0.3) is 0 Å². The summed E-state index contributed by atoms with van der Waals surface area (Å²) < 4.78 is 1.83. The van der Waals surface area contributed by atoms with E-state index in [2.05, 4.69) is 5.10 Å². The zero-order valence-electron chi connectivity index (χ0n) is 12.3. The third-order valence-corrected chi connectivity index (χ3v) is 3.75. The van der Waals surface area contributed by atoms with Gasteiger partial charge < -0.3 is 10.6 Å². The monoisotopic (exact) mass is 285 g/mol. The molecule has 1 saturated heterocycles. The molecular weight excluding hydrogens is 266 g/mol. The second-order valence-corrected chi connectivity index (χ2v) is 5.35. The van der Waals surface area contributed by atoms with Gasteiger partial charge in [0.1, 0.15) is 0 Å². The first kappa shape index (κ1) is 13.5. The van der Waals surface area contributed by atoms with Crippen molar-refractivity contribution in [3.63, 3.8) is 0 Å². The highest BCUT2D eigenvalue weighted by Crippen LogP contribution is 2.22. The van der Waals surface area contributed by atoms with E-state index in [-0.39, 0.29) is 6.03 Å². The normalized spacial score (nSPS) is 15.0. The number of benzene rings is 1. The van der Waals surface area contributed by atoms with Crippen LogP contribution in [0, 0.1) is 6.92 Å². The van der Waals surface area contributed by atoms with E-state index in [1.54, 1.807) is 4.90 Å². The van der Waals surface area contributed by atoms with Crippen LogP contribution in [0.15, 0.2) is 30.3 Å². The number of urea groups is 1. The average Bonchev–Trinajstić information content (AvgIpc) is 2.95. The molecule has 0 unspecified atom stereocenters.